The predicted octanol–water partition coefficient (Wildman–Crippen LogP) is 10.6. The van der Waals surface area contributed by atoms with E-state index in [9.17, 15) is 0 Å². The van der Waals surface area contributed by atoms with Gasteiger partial charge in [0, 0.05) is 46.5 Å². The lowest BCUT2D eigenvalue weighted by Crippen LogP contribution is -2.15. The molecule has 0 aliphatic carbocycles. The minimum Gasteiger partial charge on any atom is -0.285 e. The van der Waals surface area contributed by atoms with Crippen LogP contribution < -0.4 is 9.80 Å². The zero-order valence-electron chi connectivity index (χ0n) is 26.0. The summed E-state index contributed by atoms with van der Waals surface area (Å²) in [5.41, 5.74) is 9.78. The lowest BCUT2D eigenvalue weighted by molar-refractivity contribution is 1.01. The molecule has 2 aromatic heterocycles. The topological polar surface area (TPSA) is 42.1 Å². The lowest BCUT2D eigenvalue weighted by atomic mass is 10.0. The van der Waals surface area contributed by atoms with Crippen molar-refractivity contribution in [2.75, 3.05) is 9.80 Å². The van der Waals surface area contributed by atoms with Gasteiger partial charge in [-0.1, -0.05) is 97.1 Å². The number of benzene rings is 6. The van der Waals surface area contributed by atoms with Gasteiger partial charge >= 0.3 is 0 Å². The number of anilines is 6. The van der Waals surface area contributed by atoms with Crippen LogP contribution >= 0.6 is 0 Å². The van der Waals surface area contributed by atoms with E-state index in [1.54, 1.807) is 0 Å². The van der Waals surface area contributed by atoms with Gasteiger partial charge in [-0.25, -0.2) is 9.97 Å². The zero-order chi connectivity index (χ0) is 31.9. The minimum atomic E-state index is 0.765. The number of rotatable bonds is 4. The number of hydrogen-bond donors (Lipinski definition) is 0. The monoisotopic (exact) mass is 618 g/mol. The van der Waals surface area contributed by atoms with Crippen LogP contribution in [-0.4, -0.2) is 19.1 Å². The van der Waals surface area contributed by atoms with Crippen LogP contribution in [0.2, 0.25) is 0 Å². The van der Waals surface area contributed by atoms with E-state index in [2.05, 4.69) is 177 Å². The van der Waals surface area contributed by atoms with E-state index in [0.717, 1.165) is 68.5 Å². The van der Waals surface area contributed by atoms with Crippen molar-refractivity contribution in [2.24, 2.45) is 0 Å². The first-order chi connectivity index (χ1) is 23.8. The van der Waals surface area contributed by atoms with Crippen molar-refractivity contribution in [3.05, 3.63) is 182 Å². The maximum absolute atomic E-state index is 5.39. The van der Waals surface area contributed by atoms with E-state index < -0.39 is 0 Å². The smallest absolute Gasteiger partial charge is 0.220 e. The average molecular weight is 619 g/mol. The van der Waals surface area contributed by atoms with Crippen molar-refractivity contribution in [2.45, 2.75) is 0 Å². The Labute approximate surface area is 279 Å². The molecule has 6 nitrogen and oxygen atoms in total. The van der Waals surface area contributed by atoms with Crippen LogP contribution in [0.1, 0.15) is 0 Å². The summed E-state index contributed by atoms with van der Waals surface area (Å²) in [5, 5.41) is 0. The van der Waals surface area contributed by atoms with Gasteiger partial charge < -0.3 is 0 Å². The van der Waals surface area contributed by atoms with Crippen LogP contribution in [0.25, 0.3) is 33.9 Å². The summed E-state index contributed by atoms with van der Waals surface area (Å²) in [5.74, 6) is 1.53. The summed E-state index contributed by atoms with van der Waals surface area (Å²) < 4.78 is 4.32. The lowest BCUT2D eigenvalue weighted by Gasteiger charge is -2.26. The number of para-hydroxylation sites is 4. The molecule has 0 spiro atoms. The SMILES string of the molecule is c1ccc(N2c3cccc(c3)-c3cccc(c3)N(c3ccccc3)c3nc(cn3-c3ccccc3)-c3cn(-c4ccccc4)c2n3)cc1. The second-order valence-corrected chi connectivity index (χ2v) is 11.7. The highest BCUT2D eigenvalue weighted by Gasteiger charge is 2.26. The minimum absolute atomic E-state index is 0.765. The fourth-order valence-electron chi connectivity index (χ4n) is 6.42. The number of imidazole rings is 2. The van der Waals surface area contributed by atoms with Crippen molar-refractivity contribution in [1.82, 2.24) is 19.1 Å². The third kappa shape index (κ3) is 4.84. The molecule has 228 valence electrons. The quantitative estimate of drug-likeness (QED) is 0.197. The molecule has 6 aromatic carbocycles. The normalized spacial score (nSPS) is 12.1. The van der Waals surface area contributed by atoms with Crippen LogP contribution in [-0.2, 0) is 0 Å². The summed E-state index contributed by atoms with van der Waals surface area (Å²) in [6.45, 7) is 0. The number of nitrogens with zero attached hydrogens (tertiary/aromatic N) is 6. The molecule has 1 aliphatic rings. The van der Waals surface area contributed by atoms with Gasteiger partial charge in [0.15, 0.2) is 0 Å². The van der Waals surface area contributed by atoms with E-state index in [1.165, 1.54) is 0 Å². The predicted molar refractivity (Wildman–Crippen MR) is 194 cm³/mol. The molecular formula is C42H30N6. The maximum Gasteiger partial charge on any atom is 0.220 e. The van der Waals surface area contributed by atoms with Gasteiger partial charge in [0.05, 0.1) is 0 Å². The first kappa shape index (κ1) is 27.6. The highest BCUT2D eigenvalue weighted by Crippen LogP contribution is 2.42. The Morgan fingerprint density at radius 3 is 1.02 bits per heavy atom. The second-order valence-electron chi connectivity index (χ2n) is 11.7. The van der Waals surface area contributed by atoms with E-state index in [-0.39, 0.29) is 0 Å². The van der Waals surface area contributed by atoms with Crippen molar-refractivity contribution >= 4 is 34.6 Å². The van der Waals surface area contributed by atoms with Crippen LogP contribution in [0, 0.1) is 0 Å². The van der Waals surface area contributed by atoms with Gasteiger partial charge in [-0.3, -0.25) is 18.9 Å². The molecular weight excluding hydrogens is 589 g/mol. The van der Waals surface area contributed by atoms with Gasteiger partial charge in [-0.2, -0.15) is 0 Å². The molecule has 0 N–H and O–H groups in total. The first-order valence-electron chi connectivity index (χ1n) is 16.0. The van der Waals surface area contributed by atoms with Crippen LogP contribution in [0.15, 0.2) is 182 Å². The van der Waals surface area contributed by atoms with E-state index >= 15 is 0 Å². The maximum atomic E-state index is 5.39. The van der Waals surface area contributed by atoms with E-state index in [4.69, 9.17) is 9.97 Å². The van der Waals surface area contributed by atoms with Crippen LogP contribution in [0.5, 0.6) is 0 Å². The fraction of sp³-hybridized carbons (Fsp3) is 0. The summed E-state index contributed by atoms with van der Waals surface area (Å²) >= 11 is 0. The number of aromatic nitrogens is 4. The Hall–Kier alpha value is -6.66. The number of hydrogen-bond acceptors (Lipinski definition) is 4. The molecule has 8 bridgehead atoms. The molecule has 0 amide bonds. The molecule has 1 aliphatic heterocycles. The largest absolute Gasteiger partial charge is 0.285 e. The molecule has 48 heavy (non-hydrogen) atoms. The Balaban J connectivity index is 1.39. The third-order valence-electron chi connectivity index (χ3n) is 8.68. The summed E-state index contributed by atoms with van der Waals surface area (Å²) in [6, 6.07) is 59.0. The van der Waals surface area contributed by atoms with Crippen LogP contribution in [0.3, 0.4) is 0 Å². The van der Waals surface area contributed by atoms with Gasteiger partial charge in [0.25, 0.3) is 0 Å². The molecule has 0 unspecified atom stereocenters. The summed E-state index contributed by atoms with van der Waals surface area (Å²) in [6.07, 6.45) is 4.19. The van der Waals surface area contributed by atoms with E-state index in [1.807, 2.05) is 24.3 Å². The van der Waals surface area contributed by atoms with E-state index in [0.29, 0.717) is 0 Å². The first-order valence-corrected chi connectivity index (χ1v) is 16.0. The second kappa shape index (κ2) is 11.6. The highest BCUT2D eigenvalue weighted by atomic mass is 15.3. The molecule has 0 saturated heterocycles. The summed E-state index contributed by atoms with van der Waals surface area (Å²) in [7, 11) is 0. The molecule has 6 heteroatoms. The fourth-order valence-corrected chi connectivity index (χ4v) is 6.42. The molecule has 0 radical (unpaired) electrons. The number of fused-ring (bicyclic) bond motifs is 10. The molecule has 0 saturated carbocycles. The van der Waals surface area contributed by atoms with Gasteiger partial charge in [0.1, 0.15) is 11.4 Å². The van der Waals surface area contributed by atoms with Gasteiger partial charge in [-0.05, 0) is 83.9 Å². The van der Waals surface area contributed by atoms with Gasteiger partial charge in [0.2, 0.25) is 11.9 Å². The Kier molecular flexibility index (Phi) is 6.68. The third-order valence-corrected chi connectivity index (χ3v) is 8.68. The Morgan fingerprint density at radius 2 is 0.646 bits per heavy atom. The molecule has 0 atom stereocenters. The average Bonchev–Trinajstić information content (AvgIpc) is 3.79. The van der Waals surface area contributed by atoms with Gasteiger partial charge in [-0.15, -0.1) is 0 Å². The van der Waals surface area contributed by atoms with Crippen molar-refractivity contribution in [1.29, 1.82) is 0 Å². The molecule has 3 heterocycles. The van der Waals surface area contributed by atoms with Crippen molar-refractivity contribution < 1.29 is 0 Å². The zero-order valence-corrected chi connectivity index (χ0v) is 26.0. The molecule has 8 aromatic rings. The highest BCUT2D eigenvalue weighted by molar-refractivity contribution is 5.83. The van der Waals surface area contributed by atoms with Crippen molar-refractivity contribution in [3.63, 3.8) is 0 Å². The van der Waals surface area contributed by atoms with Crippen molar-refractivity contribution in [3.8, 4) is 33.9 Å². The molecule has 9 rings (SSSR count). The van der Waals surface area contributed by atoms with Crippen LogP contribution in [0.4, 0.5) is 34.6 Å². The Morgan fingerprint density at radius 1 is 0.312 bits per heavy atom. The Bertz CT molecular complexity index is 2180. The summed E-state index contributed by atoms with van der Waals surface area (Å²) in [4.78, 5) is 15.2. The molecule has 0 fully saturated rings. The standard InChI is InChI=1S/C42H30N6/c1-5-17-33(18-6-1)45-29-39-40-30-46(34-19-7-2-8-20-34)42(44-40)48(36-23-11-4-12-24-36)38-26-14-16-32(28-38)31-15-13-25-37(27-31)47(41(45)43-39)35-21-9-3-10-22-35/h1-30H.